The van der Waals surface area contributed by atoms with Crippen LogP contribution in [0.25, 0.3) is 6.08 Å². The van der Waals surface area contributed by atoms with Gasteiger partial charge in [0.05, 0.1) is 6.61 Å². The first kappa shape index (κ1) is 21.6. The largest absolute Gasteiger partial charge is 0.453 e. The average molecular weight is 445 g/mol. The monoisotopic (exact) mass is 444 g/mol. The first-order chi connectivity index (χ1) is 13.4. The van der Waals surface area contributed by atoms with E-state index < -0.39 is 12.6 Å². The molecule has 7 heteroatoms. The molecule has 0 bridgehead atoms. The van der Waals surface area contributed by atoms with Gasteiger partial charge in [0.1, 0.15) is 11.6 Å². The van der Waals surface area contributed by atoms with Crippen molar-refractivity contribution in [2.75, 3.05) is 20.3 Å². The van der Waals surface area contributed by atoms with Gasteiger partial charge in [0.25, 0.3) is 0 Å². The lowest BCUT2D eigenvalue weighted by molar-refractivity contribution is -0.137. The lowest BCUT2D eigenvalue weighted by Gasteiger charge is -2.08. The van der Waals surface area contributed by atoms with E-state index in [0.29, 0.717) is 18.7 Å². The first-order valence-electron chi connectivity index (χ1n) is 8.60. The van der Waals surface area contributed by atoms with Crippen molar-refractivity contribution in [3.8, 4) is 6.07 Å². The third kappa shape index (κ3) is 5.41. The van der Waals surface area contributed by atoms with Gasteiger partial charge >= 0.3 is 5.97 Å². The summed E-state index contributed by atoms with van der Waals surface area (Å²) in [6.45, 7) is 4.67. The number of hydrogen-bond acceptors (Lipinski definition) is 5. The molecule has 0 saturated heterocycles. The van der Waals surface area contributed by atoms with Gasteiger partial charge in [-0.15, -0.1) is 0 Å². The summed E-state index contributed by atoms with van der Waals surface area (Å²) in [6.07, 6.45) is 1.48. The van der Waals surface area contributed by atoms with Crippen LogP contribution in [0.15, 0.2) is 40.4 Å². The second kappa shape index (κ2) is 10.0. The summed E-state index contributed by atoms with van der Waals surface area (Å²) in [7, 11) is 1.63. The van der Waals surface area contributed by atoms with Crippen molar-refractivity contribution in [3.63, 3.8) is 0 Å². The van der Waals surface area contributed by atoms with E-state index in [1.165, 1.54) is 6.08 Å². The quantitative estimate of drug-likeness (QED) is 0.267. The molecule has 2 aromatic rings. The maximum atomic E-state index is 12.2. The van der Waals surface area contributed by atoms with Crippen LogP contribution >= 0.6 is 15.9 Å². The molecule has 0 saturated carbocycles. The number of ketones is 1. The number of carbonyl (C=O) groups is 2. The molecular formula is C21H21BrN2O4. The minimum atomic E-state index is -0.824. The van der Waals surface area contributed by atoms with Crippen molar-refractivity contribution in [1.29, 1.82) is 5.26 Å². The smallest absolute Gasteiger partial charge is 0.349 e. The summed E-state index contributed by atoms with van der Waals surface area (Å²) in [5.41, 5.74) is 2.94. The lowest BCUT2D eigenvalue weighted by Crippen LogP contribution is -2.15. The fourth-order valence-electron chi connectivity index (χ4n) is 2.72. The molecule has 0 spiro atoms. The van der Waals surface area contributed by atoms with Crippen LogP contribution in [0.5, 0.6) is 0 Å². The van der Waals surface area contributed by atoms with Gasteiger partial charge in [-0.05, 0) is 43.7 Å². The van der Waals surface area contributed by atoms with Crippen molar-refractivity contribution >= 4 is 33.8 Å². The standard InChI is InChI=1S/C21H21BrN2O4/c1-14-10-17(15(2)24(14)8-9-27-3)11-18(12-23)21(26)28-13-20(25)16-4-6-19(22)7-5-16/h4-7,10-11H,8-9,13H2,1-3H3/b18-11+. The van der Waals surface area contributed by atoms with E-state index in [9.17, 15) is 14.9 Å². The molecule has 0 amide bonds. The molecule has 0 N–H and O–H groups in total. The molecule has 28 heavy (non-hydrogen) atoms. The predicted octanol–water partition coefficient (Wildman–Crippen LogP) is 3.85. The Morgan fingerprint density at radius 1 is 1.25 bits per heavy atom. The van der Waals surface area contributed by atoms with Crippen LogP contribution in [0.4, 0.5) is 0 Å². The van der Waals surface area contributed by atoms with Gasteiger partial charge in [-0.25, -0.2) is 4.79 Å². The molecule has 1 aromatic heterocycles. The molecule has 0 fully saturated rings. The summed E-state index contributed by atoms with van der Waals surface area (Å²) in [5, 5.41) is 9.34. The summed E-state index contributed by atoms with van der Waals surface area (Å²) in [6, 6.07) is 10.5. The van der Waals surface area contributed by atoms with Crippen molar-refractivity contribution in [2.24, 2.45) is 0 Å². The zero-order chi connectivity index (χ0) is 20.7. The summed E-state index contributed by atoms with van der Waals surface area (Å²) in [4.78, 5) is 24.4. The molecule has 1 heterocycles. The number of ether oxygens (including phenoxy) is 2. The highest BCUT2D eigenvalue weighted by atomic mass is 79.9. The average Bonchev–Trinajstić information content (AvgIpc) is 2.95. The zero-order valence-electron chi connectivity index (χ0n) is 16.0. The van der Waals surface area contributed by atoms with Gasteiger partial charge in [0, 0.05) is 35.1 Å². The Bertz CT molecular complexity index is 937. The summed E-state index contributed by atoms with van der Waals surface area (Å²) in [5.74, 6) is -1.16. The van der Waals surface area contributed by atoms with E-state index in [2.05, 4.69) is 15.9 Å². The van der Waals surface area contributed by atoms with E-state index in [0.717, 1.165) is 21.4 Å². The number of benzene rings is 1. The Morgan fingerprint density at radius 2 is 1.93 bits per heavy atom. The Morgan fingerprint density at radius 3 is 2.54 bits per heavy atom. The van der Waals surface area contributed by atoms with Crippen LogP contribution < -0.4 is 0 Å². The Kier molecular flexibility index (Phi) is 7.73. The van der Waals surface area contributed by atoms with Gasteiger partial charge in [-0.1, -0.05) is 28.1 Å². The highest BCUT2D eigenvalue weighted by molar-refractivity contribution is 9.10. The Balaban J connectivity index is 2.10. The van der Waals surface area contributed by atoms with Gasteiger partial charge < -0.3 is 14.0 Å². The maximum absolute atomic E-state index is 12.2. The van der Waals surface area contributed by atoms with Crippen LogP contribution in [0.1, 0.15) is 27.3 Å². The maximum Gasteiger partial charge on any atom is 0.349 e. The van der Waals surface area contributed by atoms with E-state index in [1.807, 2.05) is 30.6 Å². The molecule has 1 aromatic carbocycles. The second-order valence-electron chi connectivity index (χ2n) is 6.15. The van der Waals surface area contributed by atoms with Crippen molar-refractivity contribution < 1.29 is 19.1 Å². The third-order valence-electron chi connectivity index (χ3n) is 4.27. The molecule has 0 aliphatic rings. The van der Waals surface area contributed by atoms with E-state index in [1.54, 1.807) is 31.4 Å². The number of nitriles is 1. The molecule has 0 aliphatic carbocycles. The Hall–Kier alpha value is -2.69. The fourth-order valence-corrected chi connectivity index (χ4v) is 2.99. The molecule has 0 atom stereocenters. The molecule has 0 unspecified atom stereocenters. The summed E-state index contributed by atoms with van der Waals surface area (Å²) >= 11 is 3.29. The van der Waals surface area contributed by atoms with Crippen molar-refractivity contribution in [2.45, 2.75) is 20.4 Å². The number of esters is 1. The van der Waals surface area contributed by atoms with E-state index in [-0.39, 0.29) is 11.4 Å². The number of aryl methyl sites for hydroxylation is 1. The number of Topliss-reactive ketones (excluding diaryl/α,β-unsaturated/α-hetero) is 1. The zero-order valence-corrected chi connectivity index (χ0v) is 17.6. The van der Waals surface area contributed by atoms with Crippen LogP contribution in [0.3, 0.4) is 0 Å². The normalized spacial score (nSPS) is 11.2. The van der Waals surface area contributed by atoms with Crippen LogP contribution in [0, 0.1) is 25.2 Å². The number of hydrogen-bond donors (Lipinski definition) is 0. The number of carbonyl (C=O) groups excluding carboxylic acids is 2. The molecule has 6 nitrogen and oxygen atoms in total. The fraction of sp³-hybridized carbons (Fsp3) is 0.286. The minimum Gasteiger partial charge on any atom is -0.453 e. The van der Waals surface area contributed by atoms with Crippen LogP contribution in [-0.2, 0) is 20.8 Å². The molecular weight excluding hydrogens is 424 g/mol. The number of nitrogens with zero attached hydrogens (tertiary/aromatic N) is 2. The summed E-state index contributed by atoms with van der Waals surface area (Å²) < 4.78 is 13.0. The van der Waals surface area contributed by atoms with Crippen molar-refractivity contribution in [3.05, 3.63) is 62.9 Å². The van der Waals surface area contributed by atoms with Crippen molar-refractivity contribution in [1.82, 2.24) is 4.57 Å². The topological polar surface area (TPSA) is 81.3 Å². The predicted molar refractivity (Wildman–Crippen MR) is 109 cm³/mol. The molecule has 0 radical (unpaired) electrons. The molecule has 146 valence electrons. The van der Waals surface area contributed by atoms with Crippen LogP contribution in [0.2, 0.25) is 0 Å². The molecule has 0 aliphatic heterocycles. The number of aromatic nitrogens is 1. The van der Waals surface area contributed by atoms with Gasteiger partial charge in [-0.2, -0.15) is 5.26 Å². The third-order valence-corrected chi connectivity index (χ3v) is 4.80. The van der Waals surface area contributed by atoms with Gasteiger partial charge in [-0.3, -0.25) is 4.79 Å². The second-order valence-corrected chi connectivity index (χ2v) is 7.06. The van der Waals surface area contributed by atoms with E-state index >= 15 is 0 Å². The van der Waals surface area contributed by atoms with Crippen LogP contribution in [-0.4, -0.2) is 36.6 Å². The minimum absolute atomic E-state index is 0.157. The molecule has 2 rings (SSSR count). The number of methoxy groups -OCH3 is 1. The SMILES string of the molecule is COCCn1c(C)cc(/C=C(\C#N)C(=O)OCC(=O)c2ccc(Br)cc2)c1C. The number of rotatable bonds is 8. The highest BCUT2D eigenvalue weighted by Gasteiger charge is 2.16. The lowest BCUT2D eigenvalue weighted by atomic mass is 10.1. The highest BCUT2D eigenvalue weighted by Crippen LogP contribution is 2.19. The van der Waals surface area contributed by atoms with Gasteiger partial charge in [0.15, 0.2) is 12.4 Å². The Labute approximate surface area is 172 Å². The first-order valence-corrected chi connectivity index (χ1v) is 9.40. The van der Waals surface area contributed by atoms with Gasteiger partial charge in [0.2, 0.25) is 0 Å². The van der Waals surface area contributed by atoms with E-state index in [4.69, 9.17) is 9.47 Å². The number of halogens is 1.